The number of imidazole rings is 1. The molecule has 22 heteroatoms. The lowest BCUT2D eigenvalue weighted by molar-refractivity contribution is 0.0502. The van der Waals surface area contributed by atoms with Crippen LogP contribution in [0.2, 0.25) is 18.1 Å². The lowest BCUT2D eigenvalue weighted by Crippen LogP contribution is -2.49. The number of nitrogens with zero attached hydrogens (tertiary/aromatic N) is 8. The molecule has 19 nitrogen and oxygen atoms in total. The van der Waals surface area contributed by atoms with Gasteiger partial charge in [-0.05, 0) is 116 Å². The maximum absolute atomic E-state index is 16.4. The molecule has 1 aliphatic heterocycles. The first-order valence-electron chi connectivity index (χ1n) is 23.9. The molecule has 3 heterocycles. The fourth-order valence-corrected chi connectivity index (χ4v) is 13.4. The van der Waals surface area contributed by atoms with Gasteiger partial charge in [0.05, 0.1) is 55.9 Å². The third-order valence-corrected chi connectivity index (χ3v) is 21.1. The zero-order valence-corrected chi connectivity index (χ0v) is 46.1. The Morgan fingerprint density at radius 2 is 1.34 bits per heavy atom. The van der Waals surface area contributed by atoms with E-state index in [-0.39, 0.29) is 42.6 Å². The molecular formula is C51H67N9O10S2Si. The van der Waals surface area contributed by atoms with Crippen molar-refractivity contribution in [2.24, 2.45) is 0 Å². The predicted octanol–water partition coefficient (Wildman–Crippen LogP) is 8.23. The quantitative estimate of drug-likeness (QED) is 0.0714. The zero-order chi connectivity index (χ0) is 52.9. The lowest BCUT2D eigenvalue weighted by Gasteiger charge is -2.39. The number of hydrogen-bond donors (Lipinski definition) is 1. The summed E-state index contributed by atoms with van der Waals surface area (Å²) in [5.41, 5.74) is 1.35. The molecular weight excluding hydrogens is 991 g/mol. The Balaban J connectivity index is 1.48. The van der Waals surface area contributed by atoms with Crippen LogP contribution < -0.4 is 24.4 Å². The molecule has 6 aromatic rings. The molecule has 392 valence electrons. The van der Waals surface area contributed by atoms with Crippen molar-refractivity contribution in [2.75, 3.05) is 45.1 Å². The molecule has 0 aliphatic carbocycles. The number of carbonyl (C=O) groups excluding carboxylic acids is 1. The van der Waals surface area contributed by atoms with Crippen LogP contribution in [-0.2, 0) is 55.2 Å². The average Bonchev–Trinajstić information content (AvgIpc) is 4.02. The minimum atomic E-state index is -4.96. The van der Waals surface area contributed by atoms with Crippen LogP contribution in [0.5, 0.6) is 17.2 Å². The number of carbonyl (C=O) groups is 1. The monoisotopic (exact) mass is 1060 g/mol. The fourth-order valence-electron chi connectivity index (χ4n) is 8.05. The van der Waals surface area contributed by atoms with Crippen LogP contribution in [0.3, 0.4) is 0 Å². The Morgan fingerprint density at radius 3 is 1.88 bits per heavy atom. The number of benzene rings is 4. The molecule has 0 fully saturated rings. The predicted molar refractivity (Wildman–Crippen MR) is 280 cm³/mol. The topological polar surface area (TPSA) is 211 Å². The van der Waals surface area contributed by atoms with Gasteiger partial charge >= 0.3 is 6.09 Å². The van der Waals surface area contributed by atoms with Crippen LogP contribution >= 0.6 is 0 Å². The largest absolute Gasteiger partial charge is 0.497 e. The molecule has 1 aliphatic rings. The summed E-state index contributed by atoms with van der Waals surface area (Å²) in [6.07, 6.45) is 2.23. The van der Waals surface area contributed by atoms with E-state index in [1.165, 1.54) is 29.4 Å². The van der Waals surface area contributed by atoms with Crippen LogP contribution in [0.15, 0.2) is 107 Å². The molecule has 0 saturated heterocycles. The van der Waals surface area contributed by atoms with Crippen LogP contribution in [0.4, 0.5) is 16.4 Å². The maximum atomic E-state index is 16.4. The highest BCUT2D eigenvalue weighted by atomic mass is 32.2. The maximum Gasteiger partial charge on any atom is 0.407 e. The summed E-state index contributed by atoms with van der Waals surface area (Å²) >= 11 is 0. The third kappa shape index (κ3) is 13.1. The summed E-state index contributed by atoms with van der Waals surface area (Å²) < 4.78 is 96.0. The number of alkyl carbamates (subject to hydrolysis) is 1. The summed E-state index contributed by atoms with van der Waals surface area (Å²) in [5.74, 6) is 1.44. The first kappa shape index (κ1) is 54.4. The molecule has 7 rings (SSSR count). The SMILES string of the molecule is COc1ccc(CN(Cc2ccc(OC)cc2)S(=O)(=O)c2c(S(=O)(=O)CC(CNC(=O)OC(C)(C)C)O[Si](C)(C)C(C)(C)C)ccc(N3CCCn4ccnc43)c2-c2nnn(Cc3ccc(OC)cc3)n2)cc1. The number of methoxy groups -OCH3 is 3. The highest BCUT2D eigenvalue weighted by Crippen LogP contribution is 2.45. The Bertz CT molecular complexity index is 3030. The summed E-state index contributed by atoms with van der Waals surface area (Å²) in [5, 5.41) is 16.1. The number of tetrazole rings is 1. The molecule has 0 bridgehead atoms. The number of sulfone groups is 1. The van der Waals surface area contributed by atoms with E-state index in [0.29, 0.717) is 59.5 Å². The van der Waals surface area contributed by atoms with Gasteiger partial charge in [-0.3, -0.25) is 0 Å². The molecule has 0 saturated carbocycles. The number of hydrogen-bond acceptors (Lipinski definition) is 15. The highest BCUT2D eigenvalue weighted by molar-refractivity contribution is 7.93. The molecule has 0 spiro atoms. The summed E-state index contributed by atoms with van der Waals surface area (Å²) in [7, 11) is -7.79. The van der Waals surface area contributed by atoms with Crippen molar-refractivity contribution >= 4 is 45.9 Å². The smallest absolute Gasteiger partial charge is 0.407 e. The van der Waals surface area contributed by atoms with E-state index in [1.807, 2.05) is 61.7 Å². The van der Waals surface area contributed by atoms with Gasteiger partial charge in [0.2, 0.25) is 21.8 Å². The number of ether oxygens (including phenoxy) is 4. The van der Waals surface area contributed by atoms with Gasteiger partial charge in [-0.15, -0.1) is 10.2 Å². The van der Waals surface area contributed by atoms with Crippen molar-refractivity contribution in [1.29, 1.82) is 0 Å². The Kier molecular flexibility index (Phi) is 16.4. The number of rotatable bonds is 20. The molecule has 73 heavy (non-hydrogen) atoms. The van der Waals surface area contributed by atoms with Crippen LogP contribution in [-0.4, -0.2) is 117 Å². The number of fused-ring (bicyclic) bond motifs is 1. The van der Waals surface area contributed by atoms with Gasteiger partial charge in [0.15, 0.2) is 18.2 Å². The second-order valence-electron chi connectivity index (χ2n) is 20.3. The molecule has 0 radical (unpaired) electrons. The number of aryl methyl sites for hydroxylation is 1. The second-order valence-corrected chi connectivity index (χ2v) is 29.0. The standard InChI is InChI=1S/C51H67N9O10S2Si/c1-50(2,3)69-49(61)53-31-42(70-73(10,11)51(4,5)6)35-71(62,63)44-26-25-43(59-29-12-28-57-30-27-52-48(57)59)45(47-54-56-60(55-47)34-38-17-23-41(68-9)24-18-38)46(44)72(64,65)58(32-36-13-19-39(66-7)20-14-36)33-37-15-21-40(67-8)22-16-37/h13-27,30,42H,12,28-29,31-35H2,1-11H3,(H,53,61). The van der Waals surface area contributed by atoms with Crippen LogP contribution in [0, 0.1) is 0 Å². The first-order valence-corrected chi connectivity index (χ1v) is 29.9. The minimum absolute atomic E-state index is 0.0956. The first-order chi connectivity index (χ1) is 34.4. The summed E-state index contributed by atoms with van der Waals surface area (Å²) in [6, 6.07) is 24.1. The second kappa shape index (κ2) is 22.0. The van der Waals surface area contributed by atoms with E-state index >= 15 is 16.8 Å². The van der Waals surface area contributed by atoms with Gasteiger partial charge in [0.1, 0.15) is 27.7 Å². The highest BCUT2D eigenvalue weighted by Gasteiger charge is 2.43. The Hall–Kier alpha value is -6.33. The van der Waals surface area contributed by atoms with E-state index in [2.05, 4.69) is 20.6 Å². The van der Waals surface area contributed by atoms with Gasteiger partial charge < -0.3 is 38.2 Å². The van der Waals surface area contributed by atoms with Gasteiger partial charge in [0.25, 0.3) is 0 Å². The van der Waals surface area contributed by atoms with Crippen LogP contribution in [0.1, 0.15) is 64.7 Å². The van der Waals surface area contributed by atoms with Crippen molar-refractivity contribution in [2.45, 2.75) is 114 Å². The van der Waals surface area contributed by atoms with E-state index in [9.17, 15) is 4.79 Å². The Labute approximate surface area is 429 Å². The summed E-state index contributed by atoms with van der Waals surface area (Å²) in [6.45, 7) is 15.7. The van der Waals surface area contributed by atoms with E-state index < -0.39 is 61.5 Å². The number of aromatic nitrogens is 6. The van der Waals surface area contributed by atoms with Gasteiger partial charge in [-0.1, -0.05) is 57.2 Å². The van der Waals surface area contributed by atoms with Crippen LogP contribution in [0.25, 0.3) is 11.4 Å². The van der Waals surface area contributed by atoms with E-state index in [4.69, 9.17) is 28.5 Å². The molecule has 2 aromatic heterocycles. The molecule has 1 atom stereocenters. The summed E-state index contributed by atoms with van der Waals surface area (Å²) in [4.78, 5) is 19.9. The molecule has 1 unspecified atom stereocenters. The van der Waals surface area contributed by atoms with Gasteiger partial charge in [0, 0.05) is 45.1 Å². The van der Waals surface area contributed by atoms with Crippen molar-refractivity contribution in [3.63, 3.8) is 0 Å². The normalized spacial score (nSPS) is 13.9. The average molecular weight is 1060 g/mol. The van der Waals surface area contributed by atoms with Crippen molar-refractivity contribution in [1.82, 2.24) is 39.4 Å². The third-order valence-electron chi connectivity index (χ3n) is 12.8. The number of nitrogens with one attached hydrogen (secondary N) is 1. The van der Waals surface area contributed by atoms with Crippen molar-refractivity contribution in [3.8, 4) is 28.6 Å². The lowest BCUT2D eigenvalue weighted by atomic mass is 10.1. The van der Waals surface area contributed by atoms with Crippen molar-refractivity contribution < 1.29 is 45.0 Å². The Morgan fingerprint density at radius 1 is 0.781 bits per heavy atom. The fraction of sp³-hybridized carbons (Fsp3) is 0.431. The number of anilines is 2. The zero-order valence-electron chi connectivity index (χ0n) is 43.4. The van der Waals surface area contributed by atoms with Gasteiger partial charge in [-0.2, -0.15) is 9.10 Å². The molecule has 4 aromatic carbocycles. The minimum Gasteiger partial charge on any atom is -0.497 e. The molecule has 1 N–H and O–H groups in total. The van der Waals surface area contributed by atoms with E-state index in [0.717, 1.165) is 5.56 Å². The van der Waals surface area contributed by atoms with E-state index in [1.54, 1.807) is 101 Å². The van der Waals surface area contributed by atoms with Crippen molar-refractivity contribution in [3.05, 3.63) is 114 Å². The number of amides is 1. The number of sulfonamides is 1. The molecule has 1 amide bonds. The van der Waals surface area contributed by atoms with Gasteiger partial charge in [-0.25, -0.2) is 26.6 Å².